The molecular formula is C52H59F3N16O4. The van der Waals surface area contributed by atoms with E-state index < -0.39 is 17.5 Å². The van der Waals surface area contributed by atoms with Crippen LogP contribution in [0.15, 0.2) is 66.7 Å². The average molecular weight is 1030 g/mol. The molecule has 0 radical (unpaired) electrons. The predicted octanol–water partition coefficient (Wildman–Crippen LogP) is 9.42. The molecule has 2 saturated heterocycles. The number of anilines is 6. The highest BCUT2D eigenvalue weighted by Gasteiger charge is 2.24. The van der Waals surface area contributed by atoms with Crippen molar-refractivity contribution >= 4 is 68.9 Å². The SMILES string of the molecule is C/C=C/c1cc(Nc2cc(NCCCN3CCOC(Cc4cc5c(F)c(Oc6nc(NCCCN7CCOCC7)cc(Nc7cc(/C=C/C)[nH]n7)n6)cc(F)c5[nH]4)C3)nc(Oc3ccc4[nH]c(C)cc4c3F)n2)n[nH]1. The zero-order valence-electron chi connectivity index (χ0n) is 41.8. The van der Waals surface area contributed by atoms with Gasteiger partial charge in [0.2, 0.25) is 0 Å². The van der Waals surface area contributed by atoms with Gasteiger partial charge in [0.25, 0.3) is 0 Å². The summed E-state index contributed by atoms with van der Waals surface area (Å²) in [5.74, 6) is 0.301. The van der Waals surface area contributed by atoms with Gasteiger partial charge in [-0.3, -0.25) is 20.0 Å². The Morgan fingerprint density at radius 2 is 1.27 bits per heavy atom. The summed E-state index contributed by atoms with van der Waals surface area (Å²) >= 11 is 0. The van der Waals surface area contributed by atoms with Gasteiger partial charge >= 0.3 is 12.0 Å². The van der Waals surface area contributed by atoms with Crippen molar-refractivity contribution < 1.29 is 32.1 Å². The minimum Gasteiger partial charge on any atom is -0.421 e. The highest BCUT2D eigenvalue weighted by atomic mass is 19.1. The van der Waals surface area contributed by atoms with E-state index in [9.17, 15) is 0 Å². The van der Waals surface area contributed by atoms with E-state index in [1.807, 2.05) is 57.2 Å². The van der Waals surface area contributed by atoms with Gasteiger partial charge in [0.05, 0.1) is 42.8 Å². The van der Waals surface area contributed by atoms with Crippen LogP contribution >= 0.6 is 0 Å². The molecule has 2 aliphatic rings. The van der Waals surface area contributed by atoms with Crippen molar-refractivity contribution in [3.8, 4) is 23.5 Å². The molecule has 8 N–H and O–H groups in total. The maximum Gasteiger partial charge on any atom is 0.326 e. The molecule has 392 valence electrons. The van der Waals surface area contributed by atoms with E-state index in [4.69, 9.17) is 18.9 Å². The van der Waals surface area contributed by atoms with Gasteiger partial charge in [-0.1, -0.05) is 12.2 Å². The summed E-state index contributed by atoms with van der Waals surface area (Å²) in [6.07, 6.45) is 9.28. The molecule has 1 unspecified atom stereocenters. The number of hydrogen-bond donors (Lipinski definition) is 8. The minimum atomic E-state index is -0.761. The molecule has 0 amide bonds. The lowest BCUT2D eigenvalue weighted by atomic mass is 10.1. The number of benzene rings is 2. The van der Waals surface area contributed by atoms with Gasteiger partial charge in [0, 0.05) is 110 Å². The molecule has 8 aromatic rings. The van der Waals surface area contributed by atoms with Crippen LogP contribution in [0.5, 0.6) is 23.5 Å². The molecular weight excluding hydrogens is 970 g/mol. The predicted molar refractivity (Wildman–Crippen MR) is 282 cm³/mol. The fourth-order valence-electron chi connectivity index (χ4n) is 9.06. The smallest absolute Gasteiger partial charge is 0.326 e. The highest BCUT2D eigenvalue weighted by Crippen LogP contribution is 2.34. The number of nitrogens with zero attached hydrogens (tertiary/aromatic N) is 8. The lowest BCUT2D eigenvalue weighted by Gasteiger charge is -2.32. The standard InChI is InChI=1S/C52H59F3N16O4/c1-4-8-32-25-46(68-66-32)60-44-28-42(62-51(64-44)74-40-11-10-39-36(48(40)54)22-31(3)58-39)57-13-7-15-71-18-21-73-35(30-71)23-34-24-37-49(55)41(27-38(53)50(37)59-34)75-52-63-43(56-12-6-14-70-16-19-72-20-17-70)29-45(65-52)61-47-26-33(9-5-2)67-69-47/h4-5,8-11,22,24-29,35,58-59H,6-7,12-21,23,30H2,1-3H3,(H3,56,61,63,65,67,69)(H3,57,60,62,64,66,68)/b8-4+,9-5+. The number of allylic oxidation sites excluding steroid dienone is 2. The number of aromatic amines is 4. The molecule has 0 spiro atoms. The molecule has 75 heavy (non-hydrogen) atoms. The summed E-state index contributed by atoms with van der Waals surface area (Å²) in [7, 11) is 0. The molecule has 2 fully saturated rings. The molecule has 2 aliphatic heterocycles. The van der Waals surface area contributed by atoms with Gasteiger partial charge in [-0.05, 0) is 76.6 Å². The number of H-pyrrole nitrogens is 4. The molecule has 23 heteroatoms. The van der Waals surface area contributed by atoms with Gasteiger partial charge < -0.3 is 50.2 Å². The normalized spacial score (nSPS) is 15.7. The third-order valence-corrected chi connectivity index (χ3v) is 12.6. The summed E-state index contributed by atoms with van der Waals surface area (Å²) in [6.45, 7) is 13.5. The topological polar surface area (TPSA) is 232 Å². The van der Waals surface area contributed by atoms with Crippen LogP contribution in [0.4, 0.5) is 48.1 Å². The molecule has 0 aliphatic carbocycles. The fourth-order valence-corrected chi connectivity index (χ4v) is 9.06. The zero-order valence-corrected chi connectivity index (χ0v) is 41.8. The maximum absolute atomic E-state index is 16.3. The van der Waals surface area contributed by atoms with E-state index in [-0.39, 0.29) is 40.5 Å². The van der Waals surface area contributed by atoms with Crippen molar-refractivity contribution in [2.24, 2.45) is 0 Å². The van der Waals surface area contributed by atoms with Crippen molar-refractivity contribution in [3.63, 3.8) is 0 Å². The maximum atomic E-state index is 16.3. The highest BCUT2D eigenvalue weighted by molar-refractivity contribution is 5.84. The minimum absolute atomic E-state index is 0.0113. The van der Waals surface area contributed by atoms with Crippen molar-refractivity contribution in [3.05, 3.63) is 107 Å². The number of fused-ring (bicyclic) bond motifs is 2. The first-order chi connectivity index (χ1) is 36.6. The number of aryl methyl sites for hydroxylation is 1. The molecule has 8 heterocycles. The number of hydrogen-bond acceptors (Lipinski definition) is 16. The summed E-state index contributed by atoms with van der Waals surface area (Å²) in [5, 5.41) is 28.0. The second kappa shape index (κ2) is 23.5. The quantitative estimate of drug-likeness (QED) is 0.0296. The van der Waals surface area contributed by atoms with Crippen LogP contribution in [-0.2, 0) is 15.9 Å². The molecule has 6 aromatic heterocycles. The molecule has 20 nitrogen and oxygen atoms in total. The van der Waals surface area contributed by atoms with Crippen molar-refractivity contribution in [1.29, 1.82) is 0 Å². The van der Waals surface area contributed by atoms with E-state index in [0.717, 1.165) is 75.4 Å². The summed E-state index contributed by atoms with van der Waals surface area (Å²) in [4.78, 5) is 28.9. The monoisotopic (exact) mass is 1030 g/mol. The van der Waals surface area contributed by atoms with Crippen LogP contribution in [0.2, 0.25) is 0 Å². The van der Waals surface area contributed by atoms with Crippen LogP contribution in [0, 0.1) is 24.4 Å². The van der Waals surface area contributed by atoms with E-state index in [1.54, 1.807) is 36.4 Å². The molecule has 2 aromatic carbocycles. The Labute approximate surface area is 429 Å². The number of aromatic nitrogens is 10. The molecule has 10 rings (SSSR count). The van der Waals surface area contributed by atoms with Crippen molar-refractivity contribution in [2.45, 2.75) is 46.1 Å². The van der Waals surface area contributed by atoms with Crippen molar-refractivity contribution in [1.82, 2.24) is 60.1 Å². The van der Waals surface area contributed by atoms with Gasteiger partial charge in [-0.15, -0.1) is 0 Å². The van der Waals surface area contributed by atoms with E-state index in [1.165, 1.54) is 0 Å². The Morgan fingerprint density at radius 1 is 0.667 bits per heavy atom. The first-order valence-electron chi connectivity index (χ1n) is 25.0. The largest absolute Gasteiger partial charge is 0.421 e. The summed E-state index contributed by atoms with van der Waals surface area (Å²) < 4.78 is 71.2. The second-order valence-corrected chi connectivity index (χ2v) is 18.3. The zero-order chi connectivity index (χ0) is 51.7. The second-order valence-electron chi connectivity index (χ2n) is 18.3. The Kier molecular flexibility index (Phi) is 15.8. The first-order valence-corrected chi connectivity index (χ1v) is 25.0. The van der Waals surface area contributed by atoms with Crippen LogP contribution in [0.3, 0.4) is 0 Å². The summed E-state index contributed by atoms with van der Waals surface area (Å²) in [5.41, 5.74) is 3.70. The van der Waals surface area contributed by atoms with E-state index >= 15 is 13.2 Å². The number of ether oxygens (including phenoxy) is 4. The van der Waals surface area contributed by atoms with Crippen molar-refractivity contribution in [2.75, 3.05) is 93.4 Å². The van der Waals surface area contributed by atoms with Crippen LogP contribution in [0.25, 0.3) is 34.0 Å². The molecule has 1 atom stereocenters. The average Bonchev–Trinajstić information content (AvgIpc) is 4.23. The third-order valence-electron chi connectivity index (χ3n) is 12.6. The molecule has 0 saturated carbocycles. The molecule has 0 bridgehead atoms. The third kappa shape index (κ3) is 12.9. The summed E-state index contributed by atoms with van der Waals surface area (Å²) in [6, 6.07) is 14.4. The Bertz CT molecular complexity index is 3290. The van der Waals surface area contributed by atoms with Crippen LogP contribution in [0.1, 0.15) is 49.5 Å². The Balaban J connectivity index is 0.770. The number of nitrogens with one attached hydrogen (secondary N) is 8. The fraction of sp³-hybridized carbons (Fsp3) is 0.346. The Hall–Kier alpha value is -7.99. The lowest BCUT2D eigenvalue weighted by molar-refractivity contribution is -0.0279. The van der Waals surface area contributed by atoms with Gasteiger partial charge in [0.1, 0.15) is 23.3 Å². The lowest BCUT2D eigenvalue weighted by Crippen LogP contribution is -2.44. The Morgan fingerprint density at radius 3 is 1.92 bits per heavy atom. The van der Waals surface area contributed by atoms with Gasteiger partial charge in [0.15, 0.2) is 40.6 Å². The first kappa shape index (κ1) is 50.5. The number of morpholine rings is 2. The van der Waals surface area contributed by atoms with Crippen LogP contribution in [-0.4, -0.2) is 138 Å². The number of rotatable bonds is 22. The van der Waals surface area contributed by atoms with Crippen LogP contribution < -0.4 is 30.7 Å². The van der Waals surface area contributed by atoms with Gasteiger partial charge in [-0.25, -0.2) is 13.2 Å². The number of halogens is 3. The van der Waals surface area contributed by atoms with E-state index in [0.29, 0.717) is 90.7 Å². The van der Waals surface area contributed by atoms with Gasteiger partial charge in [-0.2, -0.15) is 30.1 Å². The van der Waals surface area contributed by atoms with E-state index in [2.05, 4.69) is 81.4 Å².